The summed E-state index contributed by atoms with van der Waals surface area (Å²) in [4.78, 5) is 7.68. The molecule has 0 rings (SSSR count). The smallest absolute Gasteiger partial charge is 0.0895 e. The average Bonchev–Trinajstić information content (AvgIpc) is 1.89. The number of aliphatic imine (C=N–C) groups is 2. The van der Waals surface area contributed by atoms with Crippen LogP contribution in [-0.2, 0) is 0 Å². The first kappa shape index (κ1) is 12.3. The SMILES string of the molecule is CCN=C=NC(C)CN.Cl. The van der Waals surface area contributed by atoms with E-state index < -0.39 is 0 Å². The normalized spacial score (nSPS) is 10.7. The fourth-order valence-corrected chi connectivity index (χ4v) is 0.263. The highest BCUT2D eigenvalue weighted by Crippen LogP contribution is 1.80. The lowest BCUT2D eigenvalue weighted by molar-refractivity contribution is 0.758. The summed E-state index contributed by atoms with van der Waals surface area (Å²) in [5.74, 6) is 0. The third kappa shape index (κ3) is 7.63. The van der Waals surface area contributed by atoms with Gasteiger partial charge in [-0.15, -0.1) is 12.4 Å². The highest BCUT2D eigenvalue weighted by atomic mass is 35.5. The third-order valence-corrected chi connectivity index (χ3v) is 0.848. The van der Waals surface area contributed by atoms with Crippen molar-refractivity contribution in [3.8, 4) is 0 Å². The molecule has 60 valence electrons. The summed E-state index contributed by atoms with van der Waals surface area (Å²) in [6, 6.07) is 2.71. The summed E-state index contributed by atoms with van der Waals surface area (Å²) in [5, 5.41) is 0. The summed E-state index contributed by atoms with van der Waals surface area (Å²) in [5.41, 5.74) is 5.28. The minimum Gasteiger partial charge on any atom is -0.328 e. The Morgan fingerprint density at radius 1 is 1.60 bits per heavy atom. The Bertz CT molecular complexity index is 118. The molecule has 3 nitrogen and oxygen atoms in total. The molecule has 1 atom stereocenters. The van der Waals surface area contributed by atoms with Crippen molar-refractivity contribution in [2.75, 3.05) is 13.1 Å². The lowest BCUT2D eigenvalue weighted by Crippen LogP contribution is -2.13. The Morgan fingerprint density at radius 2 is 2.20 bits per heavy atom. The van der Waals surface area contributed by atoms with Gasteiger partial charge in [-0.2, -0.15) is 0 Å². The maximum absolute atomic E-state index is 5.28. The topological polar surface area (TPSA) is 50.7 Å². The van der Waals surface area contributed by atoms with Gasteiger partial charge in [-0.3, -0.25) is 0 Å². The van der Waals surface area contributed by atoms with E-state index >= 15 is 0 Å². The molecule has 0 spiro atoms. The van der Waals surface area contributed by atoms with Crippen molar-refractivity contribution in [2.45, 2.75) is 19.9 Å². The van der Waals surface area contributed by atoms with Crippen LogP contribution >= 0.6 is 12.4 Å². The first-order chi connectivity index (χ1) is 4.31. The second-order valence-electron chi connectivity index (χ2n) is 1.79. The number of halogens is 1. The zero-order valence-corrected chi connectivity index (χ0v) is 7.19. The third-order valence-electron chi connectivity index (χ3n) is 0.848. The molecule has 4 heteroatoms. The molecule has 0 fully saturated rings. The van der Waals surface area contributed by atoms with Crippen LogP contribution in [0.5, 0.6) is 0 Å². The van der Waals surface area contributed by atoms with Crippen LogP contribution in [0.1, 0.15) is 13.8 Å². The Hall–Kier alpha value is -0.370. The van der Waals surface area contributed by atoms with Gasteiger partial charge in [-0.25, -0.2) is 9.98 Å². The maximum atomic E-state index is 5.28. The van der Waals surface area contributed by atoms with Crippen molar-refractivity contribution in [3.05, 3.63) is 0 Å². The molecule has 10 heavy (non-hydrogen) atoms. The molecule has 0 aliphatic carbocycles. The van der Waals surface area contributed by atoms with Gasteiger partial charge in [0.25, 0.3) is 0 Å². The molecule has 1 unspecified atom stereocenters. The monoisotopic (exact) mass is 163 g/mol. The standard InChI is InChI=1S/C6H13N3.ClH/c1-3-8-5-9-6(2)4-7;/h6H,3-4,7H2,1-2H3;1H. The Labute approximate surface area is 67.8 Å². The predicted molar refractivity (Wildman–Crippen MR) is 46.2 cm³/mol. The molecular weight excluding hydrogens is 150 g/mol. The lowest BCUT2D eigenvalue weighted by Gasteiger charge is -1.93. The van der Waals surface area contributed by atoms with Crippen LogP contribution < -0.4 is 5.73 Å². The summed E-state index contributed by atoms with van der Waals surface area (Å²) in [6.07, 6.45) is 0. The lowest BCUT2D eigenvalue weighted by atomic mass is 10.4. The number of nitrogens with two attached hydrogens (primary N) is 1. The second-order valence-corrected chi connectivity index (χ2v) is 1.79. The molecule has 0 aliphatic heterocycles. The van der Waals surface area contributed by atoms with Crippen molar-refractivity contribution >= 4 is 18.4 Å². The first-order valence-electron chi connectivity index (χ1n) is 3.12. The second kappa shape index (κ2) is 8.63. The largest absolute Gasteiger partial charge is 0.328 e. The van der Waals surface area contributed by atoms with Crippen LogP contribution in [0.4, 0.5) is 0 Å². The van der Waals surface area contributed by atoms with Gasteiger partial charge in [0.05, 0.1) is 12.1 Å². The average molecular weight is 164 g/mol. The van der Waals surface area contributed by atoms with Crippen molar-refractivity contribution < 1.29 is 0 Å². The zero-order valence-electron chi connectivity index (χ0n) is 6.37. The van der Waals surface area contributed by atoms with Crippen molar-refractivity contribution in [1.29, 1.82) is 0 Å². The van der Waals surface area contributed by atoms with Gasteiger partial charge in [0.1, 0.15) is 0 Å². The molecule has 2 N–H and O–H groups in total. The van der Waals surface area contributed by atoms with Crippen LogP contribution in [-0.4, -0.2) is 25.1 Å². The summed E-state index contributed by atoms with van der Waals surface area (Å²) in [6.45, 7) is 5.17. The number of nitrogens with zero attached hydrogens (tertiary/aromatic N) is 2. The number of rotatable bonds is 3. The highest BCUT2D eigenvalue weighted by molar-refractivity contribution is 5.85. The maximum Gasteiger partial charge on any atom is 0.0895 e. The van der Waals surface area contributed by atoms with Gasteiger partial charge in [0.2, 0.25) is 0 Å². The van der Waals surface area contributed by atoms with E-state index in [1.165, 1.54) is 0 Å². The Balaban J connectivity index is 0. The molecule has 0 saturated carbocycles. The molecule has 0 saturated heterocycles. The van der Waals surface area contributed by atoms with Crippen LogP contribution in [0.25, 0.3) is 0 Å². The molecule has 0 aromatic carbocycles. The van der Waals surface area contributed by atoms with E-state index in [1.54, 1.807) is 0 Å². The van der Waals surface area contributed by atoms with Crippen LogP contribution in [0, 0.1) is 0 Å². The Morgan fingerprint density at radius 3 is 2.60 bits per heavy atom. The summed E-state index contributed by atoms with van der Waals surface area (Å²) >= 11 is 0. The van der Waals surface area contributed by atoms with Gasteiger partial charge in [-0.05, 0) is 13.8 Å². The van der Waals surface area contributed by atoms with Crippen molar-refractivity contribution in [3.63, 3.8) is 0 Å². The van der Waals surface area contributed by atoms with E-state index in [2.05, 4.69) is 16.0 Å². The quantitative estimate of drug-likeness (QED) is 0.619. The molecule has 0 aromatic rings. The Kier molecular flexibility index (Phi) is 10.6. The van der Waals surface area contributed by atoms with Gasteiger partial charge in [0, 0.05) is 13.1 Å². The van der Waals surface area contributed by atoms with Gasteiger partial charge in [-0.1, -0.05) is 0 Å². The van der Waals surface area contributed by atoms with E-state index in [0.29, 0.717) is 6.54 Å². The van der Waals surface area contributed by atoms with E-state index in [0.717, 1.165) is 6.54 Å². The molecule has 0 radical (unpaired) electrons. The first-order valence-corrected chi connectivity index (χ1v) is 3.12. The molecule has 0 aliphatic rings. The predicted octanol–water partition coefficient (Wildman–Crippen LogP) is 0.949. The molecule has 0 heterocycles. The van der Waals surface area contributed by atoms with Gasteiger partial charge >= 0.3 is 0 Å². The van der Waals surface area contributed by atoms with E-state index in [1.807, 2.05) is 13.8 Å². The van der Waals surface area contributed by atoms with E-state index in [-0.39, 0.29) is 18.4 Å². The fourth-order valence-electron chi connectivity index (χ4n) is 0.263. The van der Waals surface area contributed by atoms with E-state index in [9.17, 15) is 0 Å². The zero-order chi connectivity index (χ0) is 7.11. The van der Waals surface area contributed by atoms with Crippen LogP contribution in [0.15, 0.2) is 9.98 Å². The minimum absolute atomic E-state index is 0. The fraction of sp³-hybridized carbons (Fsp3) is 0.833. The van der Waals surface area contributed by atoms with Gasteiger partial charge < -0.3 is 5.73 Å². The summed E-state index contributed by atoms with van der Waals surface area (Å²) in [7, 11) is 0. The van der Waals surface area contributed by atoms with Crippen molar-refractivity contribution in [2.24, 2.45) is 15.7 Å². The molecule has 0 amide bonds. The van der Waals surface area contributed by atoms with E-state index in [4.69, 9.17) is 5.73 Å². The van der Waals surface area contributed by atoms with Crippen molar-refractivity contribution in [1.82, 2.24) is 0 Å². The number of hydrogen-bond donors (Lipinski definition) is 1. The van der Waals surface area contributed by atoms with Gasteiger partial charge in [0.15, 0.2) is 0 Å². The molecule has 0 aromatic heterocycles. The van der Waals surface area contributed by atoms with Crippen LogP contribution in [0.3, 0.4) is 0 Å². The molecule has 0 bridgehead atoms. The minimum atomic E-state index is 0. The van der Waals surface area contributed by atoms with Crippen LogP contribution in [0.2, 0.25) is 0 Å². The summed E-state index contributed by atoms with van der Waals surface area (Å²) < 4.78 is 0. The number of hydrogen-bond acceptors (Lipinski definition) is 3. The highest BCUT2D eigenvalue weighted by Gasteiger charge is 1.88. The molecular formula is C6H14ClN3.